The van der Waals surface area contributed by atoms with Crippen LogP contribution >= 0.6 is 15.9 Å². The number of hydrogen-bond acceptors (Lipinski definition) is 1. The Morgan fingerprint density at radius 3 is 2.23 bits per heavy atom. The first kappa shape index (κ1) is 10.3. The predicted octanol–water partition coefficient (Wildman–Crippen LogP) is 3.20. The molecule has 0 radical (unpaired) electrons. The number of benzene rings is 1. The highest BCUT2D eigenvalue weighted by atomic mass is 79.9. The Balaban J connectivity index is 2.87. The topological polar surface area (TPSA) is 17.1 Å². The van der Waals surface area contributed by atoms with E-state index in [1.807, 2.05) is 0 Å². The Labute approximate surface area is 82.9 Å². The molecule has 0 saturated heterocycles. The van der Waals surface area contributed by atoms with E-state index in [0.29, 0.717) is 5.56 Å². The molecule has 0 aliphatic carbocycles. The van der Waals surface area contributed by atoms with Gasteiger partial charge in [0.2, 0.25) is 0 Å². The third-order valence-electron chi connectivity index (χ3n) is 1.61. The van der Waals surface area contributed by atoms with Gasteiger partial charge in [-0.05, 0) is 0 Å². The van der Waals surface area contributed by atoms with E-state index in [0.717, 1.165) is 0 Å². The third kappa shape index (κ3) is 2.59. The number of ketones is 1. The molecule has 0 N–H and O–H groups in total. The molecule has 1 aromatic rings. The van der Waals surface area contributed by atoms with Crippen LogP contribution in [0.2, 0.25) is 0 Å². The molecule has 0 saturated carbocycles. The molecule has 1 rings (SSSR count). The van der Waals surface area contributed by atoms with Gasteiger partial charge in [0.15, 0.2) is 5.78 Å². The lowest BCUT2D eigenvalue weighted by molar-refractivity contribution is 0.102. The minimum atomic E-state index is -2.48. The second kappa shape index (κ2) is 4.46. The fourth-order valence-corrected chi connectivity index (χ4v) is 1.22. The van der Waals surface area contributed by atoms with E-state index in [1.54, 1.807) is 0 Å². The van der Waals surface area contributed by atoms with Gasteiger partial charge in [0.25, 0.3) is 6.43 Å². The maximum absolute atomic E-state index is 12.1. The van der Waals surface area contributed by atoms with Gasteiger partial charge < -0.3 is 0 Å². The average molecular weight is 249 g/mol. The molecule has 0 heterocycles. The molecule has 0 unspecified atom stereocenters. The molecule has 70 valence electrons. The molecular formula is C9H7BrF2O. The third-order valence-corrected chi connectivity index (χ3v) is 2.12. The lowest BCUT2D eigenvalue weighted by Crippen LogP contribution is -1.99. The van der Waals surface area contributed by atoms with Crippen LogP contribution in [0, 0.1) is 0 Å². The molecule has 0 amide bonds. The molecule has 0 spiro atoms. The van der Waals surface area contributed by atoms with Gasteiger partial charge in [0.05, 0.1) is 5.33 Å². The zero-order valence-electron chi connectivity index (χ0n) is 6.64. The highest BCUT2D eigenvalue weighted by Gasteiger charge is 2.08. The van der Waals surface area contributed by atoms with Crippen LogP contribution < -0.4 is 0 Å². The fourth-order valence-electron chi connectivity index (χ4n) is 0.892. The van der Waals surface area contributed by atoms with E-state index >= 15 is 0 Å². The Bertz CT molecular complexity index is 295. The Morgan fingerprint density at radius 2 is 1.85 bits per heavy atom. The summed E-state index contributed by atoms with van der Waals surface area (Å²) in [5.74, 6) is -0.110. The van der Waals surface area contributed by atoms with Crippen molar-refractivity contribution in [1.82, 2.24) is 0 Å². The molecule has 0 aromatic heterocycles. The number of Topliss-reactive ketones (excluding diaryl/α,β-unsaturated/α-hetero) is 1. The normalized spacial score (nSPS) is 10.5. The Hall–Kier alpha value is -0.770. The first-order valence-electron chi connectivity index (χ1n) is 3.62. The van der Waals surface area contributed by atoms with Gasteiger partial charge >= 0.3 is 0 Å². The maximum Gasteiger partial charge on any atom is 0.263 e. The number of alkyl halides is 3. The average Bonchev–Trinajstić information content (AvgIpc) is 2.17. The molecule has 0 bridgehead atoms. The van der Waals surface area contributed by atoms with Crippen molar-refractivity contribution in [2.75, 3.05) is 5.33 Å². The molecule has 1 nitrogen and oxygen atoms in total. The second-order valence-electron chi connectivity index (χ2n) is 2.48. The van der Waals surface area contributed by atoms with Crippen LogP contribution in [-0.4, -0.2) is 11.1 Å². The molecule has 4 heteroatoms. The summed E-state index contributed by atoms with van der Waals surface area (Å²) in [7, 11) is 0. The minimum absolute atomic E-state index is 0.0638. The van der Waals surface area contributed by atoms with Crippen molar-refractivity contribution in [3.8, 4) is 0 Å². The van der Waals surface area contributed by atoms with E-state index < -0.39 is 6.43 Å². The largest absolute Gasteiger partial charge is 0.293 e. The summed E-state index contributed by atoms with van der Waals surface area (Å²) in [5.41, 5.74) is 0.382. The van der Waals surface area contributed by atoms with Crippen LogP contribution in [0.15, 0.2) is 24.3 Å². The molecule has 0 fully saturated rings. The van der Waals surface area contributed by atoms with Crippen molar-refractivity contribution in [3.05, 3.63) is 35.4 Å². The number of carbonyl (C=O) groups excluding carboxylic acids is 1. The van der Waals surface area contributed by atoms with Gasteiger partial charge in [0, 0.05) is 11.1 Å². The Kier molecular flexibility index (Phi) is 3.54. The van der Waals surface area contributed by atoms with E-state index in [2.05, 4.69) is 15.9 Å². The summed E-state index contributed by atoms with van der Waals surface area (Å²) in [5, 5.41) is 0.209. The SMILES string of the molecule is O=C(CBr)c1ccc(C(F)F)cc1. The van der Waals surface area contributed by atoms with E-state index in [9.17, 15) is 13.6 Å². The van der Waals surface area contributed by atoms with Gasteiger partial charge in [-0.1, -0.05) is 40.2 Å². The van der Waals surface area contributed by atoms with Gasteiger partial charge in [-0.15, -0.1) is 0 Å². The lowest BCUT2D eigenvalue weighted by Gasteiger charge is -2.00. The van der Waals surface area contributed by atoms with Crippen LogP contribution in [0.5, 0.6) is 0 Å². The van der Waals surface area contributed by atoms with E-state index in [4.69, 9.17) is 0 Å². The summed E-state index contributed by atoms with van der Waals surface area (Å²) in [6, 6.07) is 5.34. The smallest absolute Gasteiger partial charge is 0.263 e. The van der Waals surface area contributed by atoms with Crippen molar-refractivity contribution < 1.29 is 13.6 Å². The maximum atomic E-state index is 12.1. The monoisotopic (exact) mass is 248 g/mol. The van der Waals surface area contributed by atoms with Crippen LogP contribution in [-0.2, 0) is 0 Å². The van der Waals surface area contributed by atoms with Gasteiger partial charge in [0.1, 0.15) is 0 Å². The van der Waals surface area contributed by atoms with E-state index in [1.165, 1.54) is 24.3 Å². The molecule has 0 aliphatic rings. The van der Waals surface area contributed by atoms with Crippen LogP contribution in [0.1, 0.15) is 22.3 Å². The summed E-state index contributed by atoms with van der Waals surface area (Å²) < 4.78 is 24.2. The fraction of sp³-hybridized carbons (Fsp3) is 0.222. The van der Waals surface area contributed by atoms with Gasteiger partial charge in [-0.25, -0.2) is 8.78 Å². The van der Waals surface area contributed by atoms with Crippen LogP contribution in [0.4, 0.5) is 8.78 Å². The quantitative estimate of drug-likeness (QED) is 0.593. The summed E-state index contributed by atoms with van der Waals surface area (Å²) in [4.78, 5) is 11.1. The number of carbonyl (C=O) groups is 1. The van der Waals surface area contributed by atoms with E-state index in [-0.39, 0.29) is 16.7 Å². The highest BCUT2D eigenvalue weighted by molar-refractivity contribution is 9.09. The lowest BCUT2D eigenvalue weighted by atomic mass is 10.1. The number of hydrogen-bond donors (Lipinski definition) is 0. The second-order valence-corrected chi connectivity index (χ2v) is 3.04. The summed E-state index contributed by atoms with van der Waals surface area (Å²) in [6.45, 7) is 0. The van der Waals surface area contributed by atoms with Crippen molar-refractivity contribution in [2.45, 2.75) is 6.43 Å². The molecular weight excluding hydrogens is 242 g/mol. The summed E-state index contributed by atoms with van der Waals surface area (Å²) >= 11 is 3.00. The van der Waals surface area contributed by atoms with Crippen molar-refractivity contribution in [2.24, 2.45) is 0 Å². The zero-order chi connectivity index (χ0) is 9.84. The van der Waals surface area contributed by atoms with Crippen molar-refractivity contribution >= 4 is 21.7 Å². The molecule has 0 atom stereocenters. The first-order chi connectivity index (χ1) is 6.15. The molecule has 1 aromatic carbocycles. The molecule has 0 aliphatic heterocycles. The van der Waals surface area contributed by atoms with Crippen LogP contribution in [0.25, 0.3) is 0 Å². The standard InChI is InChI=1S/C9H7BrF2O/c10-5-8(13)6-1-3-7(4-2-6)9(11)12/h1-4,9H,5H2. The van der Waals surface area contributed by atoms with Crippen molar-refractivity contribution in [3.63, 3.8) is 0 Å². The van der Waals surface area contributed by atoms with Gasteiger partial charge in [-0.2, -0.15) is 0 Å². The minimum Gasteiger partial charge on any atom is -0.293 e. The number of halogens is 3. The van der Waals surface area contributed by atoms with Gasteiger partial charge in [-0.3, -0.25) is 4.79 Å². The molecule has 13 heavy (non-hydrogen) atoms. The predicted molar refractivity (Wildman–Crippen MR) is 49.5 cm³/mol. The summed E-state index contributed by atoms with van der Waals surface area (Å²) in [6.07, 6.45) is -2.48. The zero-order valence-corrected chi connectivity index (χ0v) is 8.22. The Morgan fingerprint density at radius 1 is 1.31 bits per heavy atom. The number of rotatable bonds is 3. The first-order valence-corrected chi connectivity index (χ1v) is 4.74. The van der Waals surface area contributed by atoms with Crippen LogP contribution in [0.3, 0.4) is 0 Å². The highest BCUT2D eigenvalue weighted by Crippen LogP contribution is 2.18. The van der Waals surface area contributed by atoms with Crippen molar-refractivity contribution in [1.29, 1.82) is 0 Å².